The number of amides is 1. The summed E-state index contributed by atoms with van der Waals surface area (Å²) in [6.07, 6.45) is 0. The Kier molecular flexibility index (Phi) is 4.23. The molecule has 1 rings (SSSR count). The monoisotopic (exact) mass is 240 g/mol. The molecule has 0 unspecified atom stereocenters. The van der Waals surface area contributed by atoms with Gasteiger partial charge in [0, 0.05) is 12.1 Å². The molecule has 0 saturated carbocycles. The van der Waals surface area contributed by atoms with E-state index in [0.29, 0.717) is 17.8 Å². The summed E-state index contributed by atoms with van der Waals surface area (Å²) in [4.78, 5) is 14.5. The van der Waals surface area contributed by atoms with Crippen LogP contribution in [-0.4, -0.2) is 36.0 Å². The second kappa shape index (κ2) is 4.97. The summed E-state index contributed by atoms with van der Waals surface area (Å²) in [6.45, 7) is 13.8. The number of carbonyl (C=O) groups excluding carboxylic acids is 1. The molecule has 4 atom stereocenters. The van der Waals surface area contributed by atoms with E-state index in [9.17, 15) is 4.79 Å². The Morgan fingerprint density at radius 1 is 1.18 bits per heavy atom. The van der Waals surface area contributed by atoms with Gasteiger partial charge in [0.05, 0.1) is 6.04 Å². The molecule has 100 valence electrons. The third-order valence-corrected chi connectivity index (χ3v) is 4.04. The summed E-state index contributed by atoms with van der Waals surface area (Å²) in [7, 11) is 2.06. The number of likely N-dealkylation sites (N-methyl/N-ethyl adjacent to an activating group) is 1. The molecule has 3 heteroatoms. The van der Waals surface area contributed by atoms with Gasteiger partial charge in [0.25, 0.3) is 0 Å². The van der Waals surface area contributed by atoms with Gasteiger partial charge in [-0.3, -0.25) is 9.69 Å². The molecular weight excluding hydrogens is 212 g/mol. The summed E-state index contributed by atoms with van der Waals surface area (Å²) < 4.78 is 0. The summed E-state index contributed by atoms with van der Waals surface area (Å²) in [5.41, 5.74) is -0.149. The van der Waals surface area contributed by atoms with E-state index in [4.69, 9.17) is 0 Å². The Morgan fingerprint density at radius 2 is 1.71 bits per heavy atom. The van der Waals surface area contributed by atoms with Crippen LogP contribution in [0.15, 0.2) is 0 Å². The molecule has 1 saturated heterocycles. The molecule has 1 aliphatic heterocycles. The Hall–Kier alpha value is -0.570. The van der Waals surface area contributed by atoms with Gasteiger partial charge >= 0.3 is 0 Å². The van der Waals surface area contributed by atoms with Crippen molar-refractivity contribution in [2.24, 2.45) is 17.8 Å². The highest BCUT2D eigenvalue weighted by atomic mass is 16.2. The van der Waals surface area contributed by atoms with Crippen molar-refractivity contribution in [2.75, 3.05) is 13.6 Å². The van der Waals surface area contributed by atoms with Gasteiger partial charge in [0.1, 0.15) is 0 Å². The number of carbonyl (C=O) groups is 1. The molecule has 17 heavy (non-hydrogen) atoms. The van der Waals surface area contributed by atoms with Crippen molar-refractivity contribution < 1.29 is 4.79 Å². The van der Waals surface area contributed by atoms with Gasteiger partial charge in [-0.25, -0.2) is 0 Å². The molecule has 1 fully saturated rings. The number of nitrogens with one attached hydrogen (secondary N) is 1. The maximum Gasteiger partial charge on any atom is 0.238 e. The number of hydrogen-bond acceptors (Lipinski definition) is 2. The lowest BCUT2D eigenvalue weighted by atomic mass is 9.76. The zero-order chi connectivity index (χ0) is 13.4. The fourth-order valence-electron chi connectivity index (χ4n) is 2.82. The lowest BCUT2D eigenvalue weighted by Gasteiger charge is -2.44. The van der Waals surface area contributed by atoms with E-state index < -0.39 is 0 Å². The van der Waals surface area contributed by atoms with Crippen LogP contribution in [0.25, 0.3) is 0 Å². The lowest BCUT2D eigenvalue weighted by molar-refractivity contribution is -0.132. The summed E-state index contributed by atoms with van der Waals surface area (Å²) in [5, 5.41) is 3.10. The molecule has 1 heterocycles. The maximum absolute atomic E-state index is 12.3. The van der Waals surface area contributed by atoms with Crippen molar-refractivity contribution in [1.82, 2.24) is 10.2 Å². The fraction of sp³-hybridized carbons (Fsp3) is 0.929. The van der Waals surface area contributed by atoms with Crippen LogP contribution in [0.3, 0.4) is 0 Å². The highest BCUT2D eigenvalue weighted by Gasteiger charge is 2.39. The molecule has 0 aromatic rings. The van der Waals surface area contributed by atoms with Gasteiger partial charge in [-0.15, -0.1) is 0 Å². The summed E-state index contributed by atoms with van der Waals surface area (Å²) >= 11 is 0. The highest BCUT2D eigenvalue weighted by Crippen LogP contribution is 2.32. The van der Waals surface area contributed by atoms with E-state index in [0.717, 1.165) is 6.54 Å². The fourth-order valence-corrected chi connectivity index (χ4v) is 2.82. The molecule has 1 aliphatic rings. The van der Waals surface area contributed by atoms with Crippen LogP contribution in [0.1, 0.15) is 41.5 Å². The molecule has 0 aromatic heterocycles. The van der Waals surface area contributed by atoms with Gasteiger partial charge in [0.2, 0.25) is 5.91 Å². The van der Waals surface area contributed by atoms with Crippen LogP contribution in [0.2, 0.25) is 0 Å². The number of likely N-dealkylation sites (tertiary alicyclic amines) is 1. The third-order valence-electron chi connectivity index (χ3n) is 4.04. The zero-order valence-corrected chi connectivity index (χ0v) is 12.4. The molecule has 3 nitrogen and oxygen atoms in total. The molecular formula is C14H28N2O. The zero-order valence-electron chi connectivity index (χ0n) is 12.4. The first-order valence-electron chi connectivity index (χ1n) is 6.65. The average molecular weight is 240 g/mol. The van der Waals surface area contributed by atoms with Crippen molar-refractivity contribution in [2.45, 2.75) is 53.1 Å². The van der Waals surface area contributed by atoms with Crippen molar-refractivity contribution in [3.05, 3.63) is 0 Å². The summed E-state index contributed by atoms with van der Waals surface area (Å²) in [5.74, 6) is 1.84. The first-order valence-corrected chi connectivity index (χ1v) is 6.65. The van der Waals surface area contributed by atoms with Crippen molar-refractivity contribution in [3.8, 4) is 0 Å². The molecule has 1 amide bonds. The van der Waals surface area contributed by atoms with Gasteiger partial charge in [-0.05, 0) is 45.6 Å². The van der Waals surface area contributed by atoms with Crippen LogP contribution in [-0.2, 0) is 4.79 Å². The molecule has 0 spiro atoms. The largest absolute Gasteiger partial charge is 0.350 e. The second-order valence-corrected chi connectivity index (χ2v) is 6.82. The van der Waals surface area contributed by atoms with Gasteiger partial charge in [-0.2, -0.15) is 0 Å². The Balaban J connectivity index is 2.78. The maximum atomic E-state index is 12.3. The van der Waals surface area contributed by atoms with Gasteiger partial charge in [0.15, 0.2) is 0 Å². The van der Waals surface area contributed by atoms with Crippen molar-refractivity contribution >= 4 is 5.91 Å². The minimum absolute atomic E-state index is 0.0143. The quantitative estimate of drug-likeness (QED) is 0.761. The molecule has 0 bridgehead atoms. The average Bonchev–Trinajstić information content (AvgIpc) is 2.11. The Bertz CT molecular complexity index is 282. The smallest absolute Gasteiger partial charge is 0.238 e. The molecule has 0 aromatic carbocycles. The van der Waals surface area contributed by atoms with Gasteiger partial charge < -0.3 is 5.32 Å². The van der Waals surface area contributed by atoms with Gasteiger partial charge in [-0.1, -0.05) is 20.8 Å². The Labute approximate surface area is 106 Å². The second-order valence-electron chi connectivity index (χ2n) is 6.82. The van der Waals surface area contributed by atoms with Crippen LogP contribution >= 0.6 is 0 Å². The minimum atomic E-state index is -0.149. The number of hydrogen-bond donors (Lipinski definition) is 1. The third kappa shape index (κ3) is 3.44. The molecule has 0 aliphatic carbocycles. The van der Waals surface area contributed by atoms with Crippen molar-refractivity contribution in [1.29, 1.82) is 0 Å². The van der Waals surface area contributed by atoms with Crippen LogP contribution in [0.5, 0.6) is 0 Å². The number of rotatable bonds is 1. The SMILES string of the molecule is C[C@@H]1[C@H](C)[C@@H](C)CN(C)[C@@H]1C(=O)NC(C)(C)C. The van der Waals surface area contributed by atoms with E-state index in [2.05, 4.69) is 38.0 Å². The van der Waals surface area contributed by atoms with Crippen LogP contribution in [0, 0.1) is 17.8 Å². The highest BCUT2D eigenvalue weighted by molar-refractivity contribution is 5.82. The Morgan fingerprint density at radius 3 is 2.18 bits per heavy atom. The molecule has 0 radical (unpaired) electrons. The topological polar surface area (TPSA) is 32.3 Å². The number of nitrogens with zero attached hydrogens (tertiary/aromatic N) is 1. The van der Waals surface area contributed by atoms with E-state index in [-0.39, 0.29) is 17.5 Å². The van der Waals surface area contributed by atoms with Crippen LogP contribution in [0.4, 0.5) is 0 Å². The van der Waals surface area contributed by atoms with E-state index in [1.807, 2.05) is 20.8 Å². The van der Waals surface area contributed by atoms with E-state index >= 15 is 0 Å². The predicted octanol–water partition coefficient (Wildman–Crippen LogP) is 2.12. The predicted molar refractivity (Wildman–Crippen MR) is 71.8 cm³/mol. The minimum Gasteiger partial charge on any atom is -0.350 e. The van der Waals surface area contributed by atoms with E-state index in [1.54, 1.807) is 0 Å². The standard InChI is InChI=1S/C14H28N2O/c1-9-8-16(7)12(11(3)10(9)2)13(17)15-14(4,5)6/h9-12H,8H2,1-7H3,(H,15,17)/t9-,10+,11+,12-/m0/s1. The normalized spacial score (nSPS) is 35.7. The molecule has 1 N–H and O–H groups in total. The van der Waals surface area contributed by atoms with Crippen molar-refractivity contribution in [3.63, 3.8) is 0 Å². The first kappa shape index (κ1) is 14.5. The first-order chi connectivity index (χ1) is 7.63. The summed E-state index contributed by atoms with van der Waals surface area (Å²) in [6, 6.07) is 0.0143. The van der Waals surface area contributed by atoms with Crippen LogP contribution < -0.4 is 5.32 Å². The number of piperidine rings is 1. The lowest BCUT2D eigenvalue weighted by Crippen LogP contribution is -2.58. The van der Waals surface area contributed by atoms with E-state index in [1.165, 1.54) is 0 Å².